The van der Waals surface area contributed by atoms with Crippen molar-refractivity contribution in [3.05, 3.63) is 38.7 Å². The van der Waals surface area contributed by atoms with Crippen LogP contribution in [0.15, 0.2) is 27.4 Å². The molecule has 3 rings (SSSR count). The molecule has 0 aromatic carbocycles. The molecule has 0 radical (unpaired) electrons. The van der Waals surface area contributed by atoms with Gasteiger partial charge in [0.1, 0.15) is 5.69 Å². The summed E-state index contributed by atoms with van der Waals surface area (Å²) >= 11 is 6.91. The maximum absolute atomic E-state index is 6.17. The highest BCUT2D eigenvalue weighted by atomic mass is 79.9. The highest BCUT2D eigenvalue weighted by Crippen LogP contribution is 2.29. The van der Waals surface area contributed by atoms with Crippen LogP contribution in [0.2, 0.25) is 0 Å². The Morgan fingerprint density at radius 3 is 2.80 bits per heavy atom. The summed E-state index contributed by atoms with van der Waals surface area (Å²) in [5, 5.41) is 0. The number of aryl methyl sites for hydroxylation is 1. The van der Waals surface area contributed by atoms with Crippen molar-refractivity contribution >= 4 is 31.9 Å². The predicted molar refractivity (Wildman–Crippen MR) is 85.1 cm³/mol. The van der Waals surface area contributed by atoms with Crippen LogP contribution in [0.4, 0.5) is 0 Å². The van der Waals surface area contributed by atoms with Crippen LogP contribution in [0.25, 0.3) is 11.5 Å². The van der Waals surface area contributed by atoms with E-state index in [0.29, 0.717) is 5.82 Å². The van der Waals surface area contributed by atoms with Gasteiger partial charge in [-0.05, 0) is 57.2 Å². The van der Waals surface area contributed by atoms with Crippen LogP contribution in [0.1, 0.15) is 36.6 Å². The van der Waals surface area contributed by atoms with E-state index in [1.165, 1.54) is 0 Å². The van der Waals surface area contributed by atoms with E-state index < -0.39 is 0 Å². The molecule has 0 bridgehead atoms. The zero-order valence-electron chi connectivity index (χ0n) is 10.8. The first kappa shape index (κ1) is 14.1. The first-order valence-corrected chi connectivity index (χ1v) is 8.16. The van der Waals surface area contributed by atoms with Crippen LogP contribution in [-0.2, 0) is 6.42 Å². The van der Waals surface area contributed by atoms with Crippen molar-refractivity contribution in [2.75, 3.05) is 0 Å². The number of nitrogens with two attached hydrogens (primary N) is 1. The van der Waals surface area contributed by atoms with Crippen molar-refractivity contribution in [2.45, 2.75) is 31.7 Å². The van der Waals surface area contributed by atoms with Crippen molar-refractivity contribution < 1.29 is 0 Å². The molecule has 2 aromatic rings. The Morgan fingerprint density at radius 2 is 2.00 bits per heavy atom. The molecular formula is C14H14Br2N4. The molecule has 4 nitrogen and oxygen atoms in total. The lowest BCUT2D eigenvalue weighted by Crippen LogP contribution is -2.12. The summed E-state index contributed by atoms with van der Waals surface area (Å²) < 4.78 is 1.80. The highest BCUT2D eigenvalue weighted by molar-refractivity contribution is 9.11. The van der Waals surface area contributed by atoms with Gasteiger partial charge in [0, 0.05) is 38.6 Å². The van der Waals surface area contributed by atoms with Gasteiger partial charge < -0.3 is 5.73 Å². The third-order valence-electron chi connectivity index (χ3n) is 3.50. The molecule has 1 aliphatic rings. The third kappa shape index (κ3) is 2.77. The number of hydrogen-bond acceptors (Lipinski definition) is 4. The Hall–Kier alpha value is -0.850. The second-order valence-corrected chi connectivity index (χ2v) is 6.70. The van der Waals surface area contributed by atoms with E-state index in [4.69, 9.17) is 5.73 Å². The van der Waals surface area contributed by atoms with Gasteiger partial charge in [0.15, 0.2) is 5.82 Å². The molecule has 20 heavy (non-hydrogen) atoms. The first-order chi connectivity index (χ1) is 9.65. The molecule has 104 valence electrons. The van der Waals surface area contributed by atoms with E-state index in [1.807, 2.05) is 12.3 Å². The molecule has 0 saturated carbocycles. The second kappa shape index (κ2) is 5.87. The molecule has 0 saturated heterocycles. The number of fused-ring (bicyclic) bond motifs is 1. The summed E-state index contributed by atoms with van der Waals surface area (Å²) in [6.45, 7) is 0. The largest absolute Gasteiger partial charge is 0.324 e. The summed E-state index contributed by atoms with van der Waals surface area (Å²) in [5.74, 6) is 0.650. The minimum Gasteiger partial charge on any atom is -0.324 e. The maximum atomic E-state index is 6.17. The number of pyridine rings is 1. The van der Waals surface area contributed by atoms with E-state index in [1.54, 1.807) is 6.20 Å². The molecule has 0 aliphatic heterocycles. The third-order valence-corrected chi connectivity index (χ3v) is 4.54. The highest BCUT2D eigenvalue weighted by Gasteiger charge is 2.19. The fraction of sp³-hybridized carbons (Fsp3) is 0.357. The minimum atomic E-state index is 0.0582. The van der Waals surface area contributed by atoms with Gasteiger partial charge in [0.05, 0.1) is 0 Å². The Labute approximate surface area is 134 Å². The lowest BCUT2D eigenvalue weighted by Gasteiger charge is -2.12. The van der Waals surface area contributed by atoms with Gasteiger partial charge in [-0.25, -0.2) is 9.97 Å². The van der Waals surface area contributed by atoms with Crippen LogP contribution in [0.5, 0.6) is 0 Å². The Morgan fingerprint density at radius 1 is 1.15 bits per heavy atom. The molecule has 2 aromatic heterocycles. The monoisotopic (exact) mass is 396 g/mol. The quantitative estimate of drug-likeness (QED) is 0.743. The summed E-state index contributed by atoms with van der Waals surface area (Å²) in [4.78, 5) is 13.5. The summed E-state index contributed by atoms with van der Waals surface area (Å²) in [6, 6.07) is 2.01. The molecule has 0 amide bonds. The van der Waals surface area contributed by atoms with E-state index in [2.05, 4.69) is 46.8 Å². The number of halogens is 2. The molecule has 1 unspecified atom stereocenters. The Balaban J connectivity index is 2.05. The predicted octanol–water partition coefficient (Wildman–Crippen LogP) is 3.79. The zero-order valence-corrected chi connectivity index (χ0v) is 14.0. The lowest BCUT2D eigenvalue weighted by molar-refractivity contribution is 0.614. The fourth-order valence-electron chi connectivity index (χ4n) is 2.44. The molecule has 1 atom stereocenters. The normalized spacial score (nSPS) is 18.4. The van der Waals surface area contributed by atoms with Gasteiger partial charge in [0.25, 0.3) is 0 Å². The van der Waals surface area contributed by atoms with Crippen molar-refractivity contribution in [3.8, 4) is 11.5 Å². The average molecular weight is 398 g/mol. The molecule has 6 heteroatoms. The summed E-state index contributed by atoms with van der Waals surface area (Å²) in [6.07, 6.45) is 7.87. The SMILES string of the molecule is NC1CCCCc2nc(-c3ncc(Br)cc3Br)ncc21. The topological polar surface area (TPSA) is 64.7 Å². The maximum Gasteiger partial charge on any atom is 0.179 e. The number of rotatable bonds is 1. The number of hydrogen-bond donors (Lipinski definition) is 1. The van der Waals surface area contributed by atoms with Gasteiger partial charge >= 0.3 is 0 Å². The molecular weight excluding hydrogens is 384 g/mol. The van der Waals surface area contributed by atoms with Crippen molar-refractivity contribution in [1.82, 2.24) is 15.0 Å². The lowest BCUT2D eigenvalue weighted by atomic mass is 10.1. The van der Waals surface area contributed by atoms with Gasteiger partial charge in [0.2, 0.25) is 0 Å². The van der Waals surface area contributed by atoms with Crippen LogP contribution >= 0.6 is 31.9 Å². The molecule has 0 spiro atoms. The van der Waals surface area contributed by atoms with E-state index >= 15 is 0 Å². The fourth-order valence-corrected chi connectivity index (χ4v) is 3.61. The summed E-state index contributed by atoms with van der Waals surface area (Å²) in [5.41, 5.74) is 9.08. The first-order valence-electron chi connectivity index (χ1n) is 6.58. The van der Waals surface area contributed by atoms with Crippen LogP contribution in [0.3, 0.4) is 0 Å². The average Bonchev–Trinajstić information content (AvgIpc) is 2.60. The summed E-state index contributed by atoms with van der Waals surface area (Å²) in [7, 11) is 0. The van der Waals surface area contributed by atoms with E-state index in [0.717, 1.165) is 51.6 Å². The van der Waals surface area contributed by atoms with Gasteiger partial charge in [-0.3, -0.25) is 4.98 Å². The minimum absolute atomic E-state index is 0.0582. The number of nitrogens with zero attached hydrogens (tertiary/aromatic N) is 3. The van der Waals surface area contributed by atoms with Gasteiger partial charge in [-0.2, -0.15) is 0 Å². The van der Waals surface area contributed by atoms with E-state index in [9.17, 15) is 0 Å². The van der Waals surface area contributed by atoms with Crippen LogP contribution < -0.4 is 5.73 Å². The van der Waals surface area contributed by atoms with Crippen molar-refractivity contribution in [1.29, 1.82) is 0 Å². The van der Waals surface area contributed by atoms with Crippen molar-refractivity contribution in [3.63, 3.8) is 0 Å². The van der Waals surface area contributed by atoms with E-state index in [-0.39, 0.29) is 6.04 Å². The van der Waals surface area contributed by atoms with Crippen LogP contribution in [0, 0.1) is 0 Å². The number of aromatic nitrogens is 3. The molecule has 2 N–H and O–H groups in total. The van der Waals surface area contributed by atoms with Gasteiger partial charge in [-0.1, -0.05) is 6.42 Å². The van der Waals surface area contributed by atoms with Gasteiger partial charge in [-0.15, -0.1) is 0 Å². The molecule has 1 aliphatic carbocycles. The van der Waals surface area contributed by atoms with Crippen LogP contribution in [-0.4, -0.2) is 15.0 Å². The molecule has 2 heterocycles. The zero-order chi connectivity index (χ0) is 14.1. The smallest absolute Gasteiger partial charge is 0.179 e. The standard InChI is InChI=1S/C14H14Br2N4/c15-8-5-10(16)13(18-6-8)14-19-7-9-11(17)3-1-2-4-12(9)20-14/h5-7,11H,1-4,17H2. The second-order valence-electron chi connectivity index (χ2n) is 4.93. The Bertz CT molecular complexity index is 645. The molecule has 0 fully saturated rings. The Kier molecular flexibility index (Phi) is 4.14. The van der Waals surface area contributed by atoms with Crippen molar-refractivity contribution in [2.24, 2.45) is 5.73 Å².